The van der Waals surface area contributed by atoms with Gasteiger partial charge >= 0.3 is 5.97 Å². The highest BCUT2D eigenvalue weighted by molar-refractivity contribution is 6.00. The number of nitrogens with zero attached hydrogens (tertiary/aromatic N) is 2. The molecule has 2 aromatic carbocycles. The monoisotopic (exact) mass is 561 g/mol. The summed E-state index contributed by atoms with van der Waals surface area (Å²) in [6, 6.07) is 13.9. The molecule has 0 aromatic heterocycles. The number of hydrogen-bond donors (Lipinski definition) is 2. The largest absolute Gasteiger partial charge is 0.478 e. The molecule has 3 fully saturated rings. The van der Waals surface area contributed by atoms with Crippen LogP contribution < -0.4 is 10.1 Å². The number of carbonyl (C=O) groups is 3. The van der Waals surface area contributed by atoms with E-state index < -0.39 is 11.5 Å². The molecule has 3 aliphatic rings. The average Bonchev–Trinajstić information content (AvgIpc) is 2.99. The number of ether oxygens (including phenoxy) is 1. The van der Waals surface area contributed by atoms with Crippen molar-refractivity contribution in [2.75, 3.05) is 19.6 Å². The number of piperazine rings is 1. The van der Waals surface area contributed by atoms with Crippen molar-refractivity contribution >= 4 is 17.8 Å². The van der Waals surface area contributed by atoms with Crippen LogP contribution in [-0.2, 0) is 16.1 Å². The number of likely N-dealkylation sites (tertiary alicyclic amines) is 1. The molecule has 8 heteroatoms. The lowest BCUT2D eigenvalue weighted by Crippen LogP contribution is -2.73. The molecular weight excluding hydrogens is 518 g/mol. The summed E-state index contributed by atoms with van der Waals surface area (Å²) in [4.78, 5) is 42.8. The van der Waals surface area contributed by atoms with Gasteiger partial charge in [0, 0.05) is 26.2 Å². The number of unbranched alkanes of at least 4 members (excludes halogenated alkanes) is 1. The van der Waals surface area contributed by atoms with E-state index in [9.17, 15) is 14.4 Å². The van der Waals surface area contributed by atoms with E-state index in [0.29, 0.717) is 36.8 Å². The first-order valence-corrected chi connectivity index (χ1v) is 15.3. The molecule has 2 saturated heterocycles. The molecule has 2 N–H and O–H groups in total. The molecule has 0 bridgehead atoms. The van der Waals surface area contributed by atoms with Crippen molar-refractivity contribution in [2.24, 2.45) is 5.92 Å². The number of carboxylic acids is 1. The summed E-state index contributed by atoms with van der Waals surface area (Å²) in [6.07, 6.45) is 10.1. The molecule has 2 heterocycles. The predicted molar refractivity (Wildman–Crippen MR) is 157 cm³/mol. The molecule has 1 atom stereocenters. The second-order valence-electron chi connectivity index (χ2n) is 12.0. The Balaban J connectivity index is 1.18. The molecule has 2 amide bonds. The van der Waals surface area contributed by atoms with Gasteiger partial charge in [-0.25, -0.2) is 4.79 Å². The Morgan fingerprint density at radius 1 is 0.976 bits per heavy atom. The van der Waals surface area contributed by atoms with Crippen molar-refractivity contribution < 1.29 is 24.2 Å². The minimum atomic E-state index is -0.965. The highest BCUT2D eigenvalue weighted by Gasteiger charge is 2.53. The zero-order valence-corrected chi connectivity index (χ0v) is 24.1. The molecule has 1 spiro atoms. The van der Waals surface area contributed by atoms with E-state index in [1.807, 2.05) is 29.2 Å². The predicted octanol–water partition coefficient (Wildman–Crippen LogP) is 5.61. The standard InChI is InChI=1S/C33H43N3O5/c1-2-3-19-36-30(37)29(22-24-7-5-4-6-8-24)34-32(40)33(36)17-20-35(21-18-33)23-25-9-13-27(14-10-25)41-28-15-11-26(12-16-28)31(38)39/h9-16,24,29H,2-8,17-23H2,1H3,(H,34,40)(H,38,39)/t29-/m1/s1. The van der Waals surface area contributed by atoms with Crippen LogP contribution in [-0.4, -0.2) is 63.9 Å². The zero-order chi connectivity index (χ0) is 28.8. The normalized spacial score (nSPS) is 21.6. The van der Waals surface area contributed by atoms with Crippen LogP contribution in [0.1, 0.15) is 87.1 Å². The minimum absolute atomic E-state index is 0.0477. The Bertz CT molecular complexity index is 1200. The lowest BCUT2D eigenvalue weighted by atomic mass is 9.79. The summed E-state index contributed by atoms with van der Waals surface area (Å²) >= 11 is 0. The first-order valence-electron chi connectivity index (χ1n) is 15.3. The topological polar surface area (TPSA) is 99.2 Å². The van der Waals surface area contributed by atoms with Gasteiger partial charge in [0.25, 0.3) is 0 Å². The average molecular weight is 562 g/mol. The first kappa shape index (κ1) is 29.1. The molecule has 1 saturated carbocycles. The van der Waals surface area contributed by atoms with E-state index in [1.165, 1.54) is 44.2 Å². The first-order chi connectivity index (χ1) is 19.9. The number of piperidine rings is 1. The van der Waals surface area contributed by atoms with Gasteiger partial charge in [-0.2, -0.15) is 0 Å². The number of benzene rings is 2. The van der Waals surface area contributed by atoms with Gasteiger partial charge < -0.3 is 20.1 Å². The van der Waals surface area contributed by atoms with Gasteiger partial charge in [-0.15, -0.1) is 0 Å². The van der Waals surface area contributed by atoms with E-state index in [-0.39, 0.29) is 23.4 Å². The Labute approximate surface area is 243 Å². The fourth-order valence-electron chi connectivity index (χ4n) is 6.73. The van der Waals surface area contributed by atoms with Crippen LogP contribution in [0.5, 0.6) is 11.5 Å². The van der Waals surface area contributed by atoms with Crippen molar-refractivity contribution in [2.45, 2.75) is 89.3 Å². The molecule has 2 aliphatic heterocycles. The number of nitrogens with one attached hydrogen (secondary N) is 1. The van der Waals surface area contributed by atoms with Gasteiger partial charge in [-0.05, 0) is 73.6 Å². The van der Waals surface area contributed by atoms with Crippen LogP contribution >= 0.6 is 0 Å². The van der Waals surface area contributed by atoms with Crippen LogP contribution in [0.4, 0.5) is 0 Å². The second-order valence-corrected chi connectivity index (χ2v) is 12.0. The molecule has 1 aliphatic carbocycles. The summed E-state index contributed by atoms with van der Waals surface area (Å²) < 4.78 is 5.87. The van der Waals surface area contributed by atoms with E-state index in [0.717, 1.165) is 44.5 Å². The van der Waals surface area contributed by atoms with E-state index in [1.54, 1.807) is 12.1 Å². The number of carbonyl (C=O) groups excluding carboxylic acids is 2. The van der Waals surface area contributed by atoms with Crippen molar-refractivity contribution in [3.05, 3.63) is 59.7 Å². The van der Waals surface area contributed by atoms with Gasteiger partial charge in [0.15, 0.2) is 0 Å². The van der Waals surface area contributed by atoms with Crippen molar-refractivity contribution in [1.82, 2.24) is 15.1 Å². The van der Waals surface area contributed by atoms with E-state index in [4.69, 9.17) is 9.84 Å². The Kier molecular flexibility index (Phi) is 9.28. The lowest BCUT2D eigenvalue weighted by Gasteiger charge is -2.52. The van der Waals surface area contributed by atoms with Crippen LogP contribution in [0.3, 0.4) is 0 Å². The summed E-state index contributed by atoms with van der Waals surface area (Å²) in [7, 11) is 0. The Morgan fingerprint density at radius 2 is 1.61 bits per heavy atom. The lowest BCUT2D eigenvalue weighted by molar-refractivity contribution is -0.162. The van der Waals surface area contributed by atoms with Crippen LogP contribution in [0.2, 0.25) is 0 Å². The maximum atomic E-state index is 13.8. The van der Waals surface area contributed by atoms with Gasteiger partial charge in [0.2, 0.25) is 11.8 Å². The molecule has 220 valence electrons. The number of rotatable bonds is 10. The number of amides is 2. The number of hydrogen-bond acceptors (Lipinski definition) is 5. The molecule has 0 radical (unpaired) electrons. The number of aromatic carboxylic acids is 1. The van der Waals surface area contributed by atoms with Gasteiger partial charge in [0.05, 0.1) is 5.56 Å². The third kappa shape index (κ3) is 6.75. The Morgan fingerprint density at radius 3 is 2.22 bits per heavy atom. The zero-order valence-electron chi connectivity index (χ0n) is 24.1. The molecule has 41 heavy (non-hydrogen) atoms. The van der Waals surface area contributed by atoms with Crippen molar-refractivity contribution in [3.8, 4) is 11.5 Å². The van der Waals surface area contributed by atoms with Gasteiger partial charge in [-0.1, -0.05) is 57.6 Å². The number of carboxylic acid groups (broad SMARTS) is 1. The summed E-state index contributed by atoms with van der Waals surface area (Å²) in [5, 5.41) is 12.2. The van der Waals surface area contributed by atoms with Gasteiger partial charge in [-0.3, -0.25) is 14.5 Å². The van der Waals surface area contributed by atoms with Crippen molar-refractivity contribution in [1.29, 1.82) is 0 Å². The van der Waals surface area contributed by atoms with Crippen LogP contribution in [0, 0.1) is 5.92 Å². The molecular formula is C33H43N3O5. The summed E-state index contributed by atoms with van der Waals surface area (Å²) in [6.45, 7) is 5.06. The SMILES string of the molecule is CCCCN1C(=O)[C@@H](CC2CCCCC2)NC(=O)C12CCN(Cc1ccc(Oc3ccc(C(=O)O)cc3)cc1)CC2. The quantitative estimate of drug-likeness (QED) is 0.391. The smallest absolute Gasteiger partial charge is 0.335 e. The minimum Gasteiger partial charge on any atom is -0.478 e. The fraction of sp³-hybridized carbons (Fsp3) is 0.545. The molecule has 2 aromatic rings. The maximum absolute atomic E-state index is 13.8. The highest BCUT2D eigenvalue weighted by Crippen LogP contribution is 2.36. The van der Waals surface area contributed by atoms with E-state index in [2.05, 4.69) is 17.1 Å². The maximum Gasteiger partial charge on any atom is 0.335 e. The molecule has 0 unspecified atom stereocenters. The summed E-state index contributed by atoms with van der Waals surface area (Å²) in [5.74, 6) is 1.01. The second kappa shape index (κ2) is 13.1. The van der Waals surface area contributed by atoms with Crippen LogP contribution in [0.25, 0.3) is 0 Å². The molecule has 8 nitrogen and oxygen atoms in total. The highest BCUT2D eigenvalue weighted by atomic mass is 16.5. The summed E-state index contributed by atoms with van der Waals surface area (Å²) in [5.41, 5.74) is 0.632. The fourth-order valence-corrected chi connectivity index (χ4v) is 6.73. The third-order valence-corrected chi connectivity index (χ3v) is 9.19. The van der Waals surface area contributed by atoms with Crippen LogP contribution in [0.15, 0.2) is 48.5 Å². The molecule has 5 rings (SSSR count). The van der Waals surface area contributed by atoms with E-state index >= 15 is 0 Å². The third-order valence-electron chi connectivity index (χ3n) is 9.19. The van der Waals surface area contributed by atoms with Crippen molar-refractivity contribution in [3.63, 3.8) is 0 Å². The van der Waals surface area contributed by atoms with Gasteiger partial charge in [0.1, 0.15) is 23.1 Å². The Hall–Kier alpha value is -3.39.